The number of anilines is 1. The zero-order chi connectivity index (χ0) is 17.9. The number of hydrogen-bond donors (Lipinski definition) is 2. The second kappa shape index (κ2) is 6.72. The van der Waals surface area contributed by atoms with E-state index in [1.54, 1.807) is 42.5 Å². The van der Waals surface area contributed by atoms with Crippen molar-refractivity contribution in [3.8, 4) is 5.75 Å². The van der Waals surface area contributed by atoms with Gasteiger partial charge < -0.3 is 15.4 Å². The molecule has 1 heterocycles. The summed E-state index contributed by atoms with van der Waals surface area (Å²) in [5, 5.41) is 6.21. The van der Waals surface area contributed by atoms with Crippen LogP contribution in [0.15, 0.2) is 78.9 Å². The lowest BCUT2D eigenvalue weighted by Gasteiger charge is -2.28. The molecule has 0 fully saturated rings. The number of esters is 1. The number of carbonyl (C=O) groups excluding carboxylic acids is 2. The molecule has 0 saturated heterocycles. The molecule has 3 aromatic rings. The summed E-state index contributed by atoms with van der Waals surface area (Å²) in [4.78, 5) is 24.3. The first-order chi connectivity index (χ1) is 12.7. The van der Waals surface area contributed by atoms with Crippen molar-refractivity contribution in [3.63, 3.8) is 0 Å². The Morgan fingerprint density at radius 3 is 2.27 bits per heavy atom. The van der Waals surface area contributed by atoms with Crippen molar-refractivity contribution in [3.05, 3.63) is 95.6 Å². The minimum Gasteiger partial charge on any atom is -0.423 e. The molecule has 0 saturated carbocycles. The van der Waals surface area contributed by atoms with E-state index in [4.69, 9.17) is 4.74 Å². The first-order valence-corrected chi connectivity index (χ1v) is 8.24. The normalized spacial score (nSPS) is 15.4. The summed E-state index contributed by atoms with van der Waals surface area (Å²) in [5.41, 5.74) is 2.78. The Labute approximate surface area is 150 Å². The van der Waals surface area contributed by atoms with Gasteiger partial charge in [-0.05, 0) is 42.0 Å². The van der Waals surface area contributed by atoms with E-state index in [-0.39, 0.29) is 12.1 Å². The van der Waals surface area contributed by atoms with Crippen LogP contribution in [-0.4, -0.2) is 11.9 Å². The molecule has 5 heteroatoms. The fraction of sp³-hybridized carbons (Fsp3) is 0.0476. The van der Waals surface area contributed by atoms with Crippen LogP contribution in [0.3, 0.4) is 0 Å². The third-order valence-electron chi connectivity index (χ3n) is 4.18. The molecule has 0 spiro atoms. The summed E-state index contributed by atoms with van der Waals surface area (Å²) in [6.07, 6.45) is -0.337. The molecule has 5 nitrogen and oxygen atoms in total. The zero-order valence-electron chi connectivity index (χ0n) is 13.8. The van der Waals surface area contributed by atoms with Crippen LogP contribution in [0.1, 0.15) is 32.4 Å². The van der Waals surface area contributed by atoms with Crippen molar-refractivity contribution in [1.82, 2.24) is 5.32 Å². The lowest BCUT2D eigenvalue weighted by atomic mass is 10.1. The molecular formula is C21H16N2O3. The van der Waals surface area contributed by atoms with E-state index >= 15 is 0 Å². The molecule has 1 amide bonds. The highest BCUT2D eigenvalue weighted by Gasteiger charge is 2.24. The van der Waals surface area contributed by atoms with Gasteiger partial charge in [0.25, 0.3) is 5.91 Å². The van der Waals surface area contributed by atoms with Crippen LogP contribution in [-0.2, 0) is 0 Å². The minimum absolute atomic E-state index is 0.121. The molecule has 0 bridgehead atoms. The van der Waals surface area contributed by atoms with Gasteiger partial charge in [0.05, 0.1) is 11.1 Å². The second-order valence-electron chi connectivity index (χ2n) is 5.92. The maximum Gasteiger partial charge on any atom is 0.343 e. The van der Waals surface area contributed by atoms with Crippen LogP contribution in [0.4, 0.5) is 5.69 Å². The molecule has 4 rings (SSSR count). The molecule has 0 aromatic heterocycles. The van der Waals surface area contributed by atoms with Crippen LogP contribution in [0.25, 0.3) is 0 Å². The third-order valence-corrected chi connectivity index (χ3v) is 4.18. The molecular weight excluding hydrogens is 328 g/mol. The quantitative estimate of drug-likeness (QED) is 0.561. The van der Waals surface area contributed by atoms with E-state index in [1.165, 1.54) is 0 Å². The molecule has 0 aliphatic carbocycles. The Hall–Kier alpha value is -3.60. The first kappa shape index (κ1) is 15.9. The van der Waals surface area contributed by atoms with Gasteiger partial charge in [0.2, 0.25) is 0 Å². The summed E-state index contributed by atoms with van der Waals surface area (Å²) in [6, 6.07) is 23.2. The smallest absolute Gasteiger partial charge is 0.343 e. The van der Waals surface area contributed by atoms with Gasteiger partial charge in [0.15, 0.2) is 0 Å². The Bertz CT molecular complexity index is 953. The number of rotatable bonds is 3. The molecule has 1 aliphatic rings. The predicted octanol–water partition coefficient (Wildman–Crippen LogP) is 3.76. The fourth-order valence-corrected chi connectivity index (χ4v) is 2.84. The van der Waals surface area contributed by atoms with Crippen molar-refractivity contribution in [2.45, 2.75) is 6.17 Å². The van der Waals surface area contributed by atoms with Gasteiger partial charge in [-0.2, -0.15) is 0 Å². The van der Waals surface area contributed by atoms with Crippen LogP contribution in [0, 0.1) is 0 Å². The average Bonchev–Trinajstić information content (AvgIpc) is 2.69. The van der Waals surface area contributed by atoms with Gasteiger partial charge >= 0.3 is 5.97 Å². The number of fused-ring (bicyclic) bond motifs is 1. The number of ether oxygens (including phenoxy) is 1. The highest BCUT2D eigenvalue weighted by Crippen LogP contribution is 2.27. The number of benzene rings is 3. The topological polar surface area (TPSA) is 67.4 Å². The summed E-state index contributed by atoms with van der Waals surface area (Å²) < 4.78 is 5.37. The molecule has 0 radical (unpaired) electrons. The lowest BCUT2D eigenvalue weighted by Crippen LogP contribution is -2.38. The Morgan fingerprint density at radius 1 is 0.808 bits per heavy atom. The molecule has 3 aromatic carbocycles. The number of amides is 1. The zero-order valence-corrected chi connectivity index (χ0v) is 13.8. The highest BCUT2D eigenvalue weighted by atomic mass is 16.5. The van der Waals surface area contributed by atoms with E-state index in [0.29, 0.717) is 16.9 Å². The van der Waals surface area contributed by atoms with E-state index < -0.39 is 5.97 Å². The van der Waals surface area contributed by atoms with Crippen LogP contribution >= 0.6 is 0 Å². The van der Waals surface area contributed by atoms with Crippen molar-refractivity contribution < 1.29 is 14.3 Å². The van der Waals surface area contributed by atoms with E-state index in [1.807, 2.05) is 36.4 Å². The summed E-state index contributed by atoms with van der Waals surface area (Å²) >= 11 is 0. The van der Waals surface area contributed by atoms with Gasteiger partial charge in [-0.15, -0.1) is 0 Å². The Balaban J connectivity index is 1.48. The lowest BCUT2D eigenvalue weighted by molar-refractivity contribution is 0.0734. The van der Waals surface area contributed by atoms with Gasteiger partial charge in [-0.1, -0.05) is 42.5 Å². The number of nitrogens with one attached hydrogen (secondary N) is 2. The standard InChI is InChI=1S/C21H16N2O3/c24-20-17-8-4-5-9-18(17)22-19(23-20)14-10-12-16(13-11-14)26-21(25)15-6-2-1-3-7-15/h1-13,19,22H,(H,23,24)/t19-/m1/s1. The molecule has 1 atom stereocenters. The largest absolute Gasteiger partial charge is 0.423 e. The minimum atomic E-state index is -0.406. The SMILES string of the molecule is O=C(Oc1ccc([C@H]2NC(=O)c3ccccc3N2)cc1)c1ccccc1. The van der Waals surface area contributed by atoms with E-state index in [0.717, 1.165) is 11.3 Å². The van der Waals surface area contributed by atoms with Gasteiger partial charge in [-0.25, -0.2) is 4.79 Å². The molecule has 0 unspecified atom stereocenters. The average molecular weight is 344 g/mol. The Kier molecular flexibility index (Phi) is 4.11. The van der Waals surface area contributed by atoms with Crippen molar-refractivity contribution in [2.75, 3.05) is 5.32 Å². The van der Waals surface area contributed by atoms with Crippen molar-refractivity contribution >= 4 is 17.6 Å². The first-order valence-electron chi connectivity index (χ1n) is 8.24. The molecule has 26 heavy (non-hydrogen) atoms. The summed E-state index contributed by atoms with van der Waals surface area (Å²) in [6.45, 7) is 0. The maximum atomic E-state index is 12.2. The maximum absolute atomic E-state index is 12.2. The monoisotopic (exact) mass is 344 g/mol. The Morgan fingerprint density at radius 2 is 1.50 bits per heavy atom. The second-order valence-corrected chi connectivity index (χ2v) is 5.92. The van der Waals surface area contributed by atoms with E-state index in [9.17, 15) is 9.59 Å². The summed E-state index contributed by atoms with van der Waals surface area (Å²) in [5.74, 6) is -0.0783. The molecule has 2 N–H and O–H groups in total. The van der Waals surface area contributed by atoms with Crippen LogP contribution in [0.2, 0.25) is 0 Å². The molecule has 1 aliphatic heterocycles. The number of carbonyl (C=O) groups is 2. The van der Waals surface area contributed by atoms with E-state index in [2.05, 4.69) is 10.6 Å². The van der Waals surface area contributed by atoms with Crippen molar-refractivity contribution in [2.24, 2.45) is 0 Å². The highest BCUT2D eigenvalue weighted by molar-refractivity contribution is 6.01. The van der Waals surface area contributed by atoms with Crippen LogP contribution < -0.4 is 15.4 Å². The number of hydrogen-bond acceptors (Lipinski definition) is 4. The van der Waals surface area contributed by atoms with Crippen molar-refractivity contribution in [1.29, 1.82) is 0 Å². The third kappa shape index (κ3) is 3.15. The van der Waals surface area contributed by atoms with Gasteiger partial charge in [-0.3, -0.25) is 4.79 Å². The fourth-order valence-electron chi connectivity index (χ4n) is 2.84. The number of para-hydroxylation sites is 1. The van der Waals surface area contributed by atoms with Crippen LogP contribution in [0.5, 0.6) is 5.75 Å². The van der Waals surface area contributed by atoms with Gasteiger partial charge in [0.1, 0.15) is 11.9 Å². The molecule has 128 valence electrons. The predicted molar refractivity (Wildman–Crippen MR) is 98.1 cm³/mol. The van der Waals surface area contributed by atoms with Gasteiger partial charge in [0, 0.05) is 5.69 Å². The summed E-state index contributed by atoms with van der Waals surface area (Å²) in [7, 11) is 0.